The summed E-state index contributed by atoms with van der Waals surface area (Å²) in [7, 11) is 0. The van der Waals surface area contributed by atoms with E-state index in [0.29, 0.717) is 0 Å². The van der Waals surface area contributed by atoms with Crippen molar-refractivity contribution in [2.24, 2.45) is 0 Å². The number of hydrogen-bond acceptors (Lipinski definition) is 3. The van der Waals surface area contributed by atoms with Crippen LogP contribution in [0.4, 0.5) is 0 Å². The zero-order valence-electron chi connectivity index (χ0n) is 10.6. The van der Waals surface area contributed by atoms with Crippen LogP contribution in [0.2, 0.25) is 0 Å². The van der Waals surface area contributed by atoms with Gasteiger partial charge in [-0.3, -0.25) is 4.90 Å². The number of nitrogens with zero attached hydrogens (tertiary/aromatic N) is 2. The van der Waals surface area contributed by atoms with Crippen LogP contribution in [0, 0.1) is 0 Å². The van der Waals surface area contributed by atoms with Crippen molar-refractivity contribution in [2.45, 2.75) is 12.8 Å². The molecule has 96 valence electrons. The molecular weight excluding hydrogens is 226 g/mol. The maximum Gasteiger partial charge on any atom is 0.137 e. The van der Waals surface area contributed by atoms with E-state index in [1.54, 1.807) is 0 Å². The first-order chi connectivity index (χ1) is 8.93. The number of rotatable bonds is 4. The Morgan fingerprint density at radius 1 is 1.33 bits per heavy atom. The van der Waals surface area contributed by atoms with Gasteiger partial charge >= 0.3 is 0 Å². The molecule has 0 aromatic carbocycles. The highest BCUT2D eigenvalue weighted by molar-refractivity contribution is 5.79. The Labute approximate surface area is 107 Å². The quantitative estimate of drug-likeness (QED) is 0.893. The molecule has 18 heavy (non-hydrogen) atoms. The summed E-state index contributed by atoms with van der Waals surface area (Å²) in [6.07, 6.45) is 6.23. The lowest BCUT2D eigenvalue weighted by atomic mass is 10.1. The monoisotopic (exact) mass is 245 g/mol. The molecule has 0 radical (unpaired) electrons. The number of aromatic nitrogens is 2. The van der Waals surface area contributed by atoms with Crippen LogP contribution < -0.4 is 0 Å². The van der Waals surface area contributed by atoms with Crippen LogP contribution in [0.25, 0.3) is 11.0 Å². The molecule has 1 fully saturated rings. The second kappa shape index (κ2) is 5.50. The van der Waals surface area contributed by atoms with Crippen molar-refractivity contribution < 1.29 is 4.74 Å². The average molecular weight is 245 g/mol. The third-order valence-corrected chi connectivity index (χ3v) is 3.56. The second-order valence-electron chi connectivity index (χ2n) is 4.77. The summed E-state index contributed by atoms with van der Waals surface area (Å²) in [5.74, 6) is 0. The van der Waals surface area contributed by atoms with Gasteiger partial charge in [-0.15, -0.1) is 0 Å². The fraction of sp³-hybridized carbons (Fsp3) is 0.500. The number of fused-ring (bicyclic) bond motifs is 1. The third kappa shape index (κ3) is 2.54. The Morgan fingerprint density at radius 3 is 3.11 bits per heavy atom. The highest BCUT2D eigenvalue weighted by Crippen LogP contribution is 2.17. The molecule has 0 aliphatic carbocycles. The number of nitrogens with one attached hydrogen (secondary N) is 1. The Balaban J connectivity index is 1.56. The van der Waals surface area contributed by atoms with Crippen molar-refractivity contribution in [1.29, 1.82) is 0 Å². The lowest BCUT2D eigenvalue weighted by Crippen LogP contribution is -2.36. The summed E-state index contributed by atoms with van der Waals surface area (Å²) < 4.78 is 5.35. The summed E-state index contributed by atoms with van der Waals surface area (Å²) in [4.78, 5) is 10.0. The van der Waals surface area contributed by atoms with Gasteiger partial charge in [-0.1, -0.05) is 0 Å². The molecule has 1 N–H and O–H groups in total. The van der Waals surface area contributed by atoms with E-state index in [9.17, 15) is 0 Å². The molecule has 0 amide bonds. The average Bonchev–Trinajstić information content (AvgIpc) is 2.84. The predicted octanol–water partition coefficient (Wildman–Crippen LogP) is 1.83. The van der Waals surface area contributed by atoms with Crippen molar-refractivity contribution in [2.75, 3.05) is 32.8 Å². The molecule has 1 aliphatic heterocycles. The number of ether oxygens (including phenoxy) is 1. The van der Waals surface area contributed by atoms with Crippen molar-refractivity contribution in [3.8, 4) is 0 Å². The molecule has 0 spiro atoms. The largest absolute Gasteiger partial charge is 0.379 e. The summed E-state index contributed by atoms with van der Waals surface area (Å²) >= 11 is 0. The third-order valence-electron chi connectivity index (χ3n) is 3.56. The smallest absolute Gasteiger partial charge is 0.137 e. The number of hydrogen-bond donors (Lipinski definition) is 1. The molecule has 0 atom stereocenters. The first-order valence-corrected chi connectivity index (χ1v) is 6.64. The molecule has 4 heteroatoms. The second-order valence-corrected chi connectivity index (χ2v) is 4.77. The van der Waals surface area contributed by atoms with E-state index in [4.69, 9.17) is 4.74 Å². The van der Waals surface area contributed by atoms with Gasteiger partial charge in [0.05, 0.1) is 13.2 Å². The van der Waals surface area contributed by atoms with E-state index in [2.05, 4.69) is 27.1 Å². The van der Waals surface area contributed by atoms with Crippen LogP contribution in [0.1, 0.15) is 12.0 Å². The standard InChI is InChI=1S/C14H19N3O/c1-4-13-12(11-16-14(13)15-5-1)3-2-6-17-7-9-18-10-8-17/h1,4-5,11H,2-3,6-10H2,(H,15,16). The van der Waals surface area contributed by atoms with Crippen LogP contribution in [0.3, 0.4) is 0 Å². The normalized spacial score (nSPS) is 17.3. The fourth-order valence-corrected chi connectivity index (χ4v) is 2.54. The van der Waals surface area contributed by atoms with Gasteiger partial charge in [0.15, 0.2) is 0 Å². The first kappa shape index (κ1) is 11.7. The molecular formula is C14H19N3O. The highest BCUT2D eigenvalue weighted by atomic mass is 16.5. The van der Waals surface area contributed by atoms with E-state index in [1.165, 1.54) is 17.4 Å². The van der Waals surface area contributed by atoms with Crippen LogP contribution >= 0.6 is 0 Å². The topological polar surface area (TPSA) is 41.2 Å². The Kier molecular flexibility index (Phi) is 3.57. The molecule has 3 heterocycles. The van der Waals surface area contributed by atoms with Crippen molar-refractivity contribution >= 4 is 11.0 Å². The van der Waals surface area contributed by atoms with Crippen LogP contribution in [0.5, 0.6) is 0 Å². The van der Waals surface area contributed by atoms with Crippen molar-refractivity contribution in [3.05, 3.63) is 30.1 Å². The van der Waals surface area contributed by atoms with E-state index in [0.717, 1.165) is 44.9 Å². The van der Waals surface area contributed by atoms with Crippen LogP contribution in [-0.4, -0.2) is 47.7 Å². The fourth-order valence-electron chi connectivity index (χ4n) is 2.54. The van der Waals surface area contributed by atoms with E-state index < -0.39 is 0 Å². The minimum Gasteiger partial charge on any atom is -0.379 e. The van der Waals surface area contributed by atoms with Gasteiger partial charge in [0.2, 0.25) is 0 Å². The molecule has 2 aromatic rings. The highest BCUT2D eigenvalue weighted by Gasteiger charge is 2.10. The van der Waals surface area contributed by atoms with Gasteiger partial charge in [-0.05, 0) is 37.1 Å². The lowest BCUT2D eigenvalue weighted by Gasteiger charge is -2.26. The molecule has 4 nitrogen and oxygen atoms in total. The summed E-state index contributed by atoms with van der Waals surface area (Å²) in [6.45, 7) is 5.09. The van der Waals surface area contributed by atoms with Crippen LogP contribution in [-0.2, 0) is 11.2 Å². The number of aryl methyl sites for hydroxylation is 1. The Bertz CT molecular complexity index is 502. The number of H-pyrrole nitrogens is 1. The number of pyridine rings is 1. The van der Waals surface area contributed by atoms with Crippen molar-refractivity contribution in [3.63, 3.8) is 0 Å². The summed E-state index contributed by atoms with van der Waals surface area (Å²) in [5, 5.41) is 1.26. The van der Waals surface area contributed by atoms with Gasteiger partial charge in [-0.2, -0.15) is 0 Å². The van der Waals surface area contributed by atoms with E-state index in [-0.39, 0.29) is 0 Å². The molecule has 0 bridgehead atoms. The minimum atomic E-state index is 0.886. The van der Waals surface area contributed by atoms with Gasteiger partial charge < -0.3 is 9.72 Å². The first-order valence-electron chi connectivity index (χ1n) is 6.64. The minimum absolute atomic E-state index is 0.886. The van der Waals surface area contributed by atoms with Gasteiger partial charge in [0.1, 0.15) is 5.65 Å². The molecule has 2 aromatic heterocycles. The summed E-state index contributed by atoms with van der Waals surface area (Å²) in [5.41, 5.74) is 2.38. The summed E-state index contributed by atoms with van der Waals surface area (Å²) in [6, 6.07) is 4.14. The maximum atomic E-state index is 5.35. The lowest BCUT2D eigenvalue weighted by molar-refractivity contribution is 0.0375. The van der Waals surface area contributed by atoms with Gasteiger partial charge in [0, 0.05) is 30.9 Å². The predicted molar refractivity (Wildman–Crippen MR) is 71.7 cm³/mol. The zero-order valence-corrected chi connectivity index (χ0v) is 10.6. The van der Waals surface area contributed by atoms with Gasteiger partial charge in [-0.25, -0.2) is 4.98 Å². The van der Waals surface area contributed by atoms with E-state index in [1.807, 2.05) is 12.3 Å². The Morgan fingerprint density at radius 2 is 2.22 bits per heavy atom. The molecule has 0 saturated carbocycles. The number of morpholine rings is 1. The maximum absolute atomic E-state index is 5.35. The molecule has 1 aliphatic rings. The molecule has 0 unspecified atom stereocenters. The van der Waals surface area contributed by atoms with E-state index >= 15 is 0 Å². The van der Waals surface area contributed by atoms with Crippen LogP contribution in [0.15, 0.2) is 24.5 Å². The molecule has 3 rings (SSSR count). The molecule has 1 saturated heterocycles. The SMILES string of the molecule is c1cnc2[nH]cc(CCCN3CCOCC3)c2c1. The van der Waals surface area contributed by atoms with Crippen molar-refractivity contribution in [1.82, 2.24) is 14.9 Å². The number of aromatic amines is 1. The zero-order chi connectivity index (χ0) is 12.2. The van der Waals surface area contributed by atoms with Gasteiger partial charge in [0.25, 0.3) is 0 Å². The Hall–Kier alpha value is -1.39.